The number of halogens is 1. The number of phenolic OH excluding ortho intramolecular Hbond substituents is 1. The first-order valence-corrected chi connectivity index (χ1v) is 5.22. The van der Waals surface area contributed by atoms with Gasteiger partial charge in [0.05, 0.1) is 13.0 Å². The monoisotopic (exact) mass is 244 g/mol. The molecular formula is C11H13ClO4. The highest BCUT2D eigenvalue weighted by Crippen LogP contribution is 2.28. The van der Waals surface area contributed by atoms with Gasteiger partial charge in [-0.25, -0.2) is 0 Å². The Labute approximate surface area is 98.4 Å². The summed E-state index contributed by atoms with van der Waals surface area (Å²) in [6.45, 7) is 2.56. The van der Waals surface area contributed by atoms with Crippen LogP contribution in [0.4, 0.5) is 0 Å². The summed E-state index contributed by atoms with van der Waals surface area (Å²) in [4.78, 5) is 10.6. The predicted molar refractivity (Wildman–Crippen MR) is 59.8 cm³/mol. The molecule has 0 bridgehead atoms. The number of aromatic hydroxyl groups is 1. The third kappa shape index (κ3) is 3.40. The van der Waals surface area contributed by atoms with Gasteiger partial charge >= 0.3 is 5.97 Å². The highest BCUT2D eigenvalue weighted by atomic mass is 35.5. The maximum Gasteiger partial charge on any atom is 0.307 e. The van der Waals surface area contributed by atoms with E-state index in [1.54, 1.807) is 6.07 Å². The average Bonchev–Trinajstić information content (AvgIpc) is 2.20. The van der Waals surface area contributed by atoms with Gasteiger partial charge in [0.2, 0.25) is 0 Å². The van der Waals surface area contributed by atoms with Crippen LogP contribution in [-0.2, 0) is 22.6 Å². The Bertz CT molecular complexity index is 390. The van der Waals surface area contributed by atoms with E-state index in [-0.39, 0.29) is 18.8 Å². The summed E-state index contributed by atoms with van der Waals surface area (Å²) in [5.41, 5.74) is 0.806. The molecule has 0 aliphatic rings. The highest BCUT2D eigenvalue weighted by molar-refractivity contribution is 6.30. The van der Waals surface area contributed by atoms with Crippen molar-refractivity contribution < 1.29 is 19.7 Å². The maximum absolute atomic E-state index is 10.6. The molecule has 0 aromatic heterocycles. The molecule has 4 nitrogen and oxygen atoms in total. The highest BCUT2D eigenvalue weighted by Gasteiger charge is 2.12. The molecule has 0 atom stereocenters. The summed E-state index contributed by atoms with van der Waals surface area (Å²) in [6, 6.07) is 3.01. The van der Waals surface area contributed by atoms with Crippen molar-refractivity contribution in [1.82, 2.24) is 0 Å². The molecule has 0 unspecified atom stereocenters. The molecule has 16 heavy (non-hydrogen) atoms. The van der Waals surface area contributed by atoms with E-state index < -0.39 is 5.97 Å². The number of carbonyl (C=O) groups is 1. The van der Waals surface area contributed by atoms with E-state index in [9.17, 15) is 9.90 Å². The van der Waals surface area contributed by atoms with Crippen molar-refractivity contribution in [3.8, 4) is 5.75 Å². The van der Waals surface area contributed by atoms with E-state index in [1.165, 1.54) is 6.07 Å². The third-order valence-corrected chi connectivity index (χ3v) is 2.25. The van der Waals surface area contributed by atoms with E-state index in [2.05, 4.69) is 0 Å². The summed E-state index contributed by atoms with van der Waals surface area (Å²) < 4.78 is 5.15. The lowest BCUT2D eigenvalue weighted by Crippen LogP contribution is -2.02. The van der Waals surface area contributed by atoms with E-state index in [4.69, 9.17) is 21.4 Å². The number of hydrogen-bond acceptors (Lipinski definition) is 3. The topological polar surface area (TPSA) is 66.8 Å². The standard InChI is InChI=1S/C11H13ClO4/c1-2-16-6-8-4-9(12)3-7(11(8)15)5-10(13)14/h3-4,15H,2,5-6H2,1H3,(H,13,14). The lowest BCUT2D eigenvalue weighted by atomic mass is 10.1. The van der Waals surface area contributed by atoms with Crippen molar-refractivity contribution in [3.63, 3.8) is 0 Å². The Morgan fingerprint density at radius 3 is 2.62 bits per heavy atom. The van der Waals surface area contributed by atoms with Crippen molar-refractivity contribution in [2.45, 2.75) is 20.0 Å². The SMILES string of the molecule is CCOCc1cc(Cl)cc(CC(=O)O)c1O. The largest absolute Gasteiger partial charge is 0.507 e. The minimum atomic E-state index is -1.01. The van der Waals surface area contributed by atoms with Crippen LogP contribution in [-0.4, -0.2) is 22.8 Å². The zero-order chi connectivity index (χ0) is 12.1. The molecule has 1 aromatic carbocycles. The number of carboxylic acids is 1. The Morgan fingerprint density at radius 1 is 1.44 bits per heavy atom. The summed E-state index contributed by atoms with van der Waals surface area (Å²) >= 11 is 5.82. The fourth-order valence-electron chi connectivity index (χ4n) is 1.34. The van der Waals surface area contributed by atoms with Crippen LogP contribution in [0.3, 0.4) is 0 Å². The van der Waals surface area contributed by atoms with E-state index >= 15 is 0 Å². The van der Waals surface area contributed by atoms with Crippen LogP contribution in [0.1, 0.15) is 18.1 Å². The third-order valence-electron chi connectivity index (χ3n) is 2.04. The van der Waals surface area contributed by atoms with Crippen LogP contribution in [0.5, 0.6) is 5.75 Å². The van der Waals surface area contributed by atoms with E-state index in [1.807, 2.05) is 6.92 Å². The number of phenols is 1. The van der Waals surface area contributed by atoms with Gasteiger partial charge in [0, 0.05) is 22.8 Å². The number of ether oxygens (including phenoxy) is 1. The van der Waals surface area contributed by atoms with Crippen LogP contribution in [0.25, 0.3) is 0 Å². The molecule has 0 saturated heterocycles. The van der Waals surface area contributed by atoms with Crippen molar-refractivity contribution in [1.29, 1.82) is 0 Å². The first kappa shape index (κ1) is 12.8. The lowest BCUT2D eigenvalue weighted by molar-refractivity contribution is -0.136. The first-order chi connectivity index (χ1) is 7.54. The zero-order valence-corrected chi connectivity index (χ0v) is 9.62. The summed E-state index contributed by atoms with van der Waals surface area (Å²) in [7, 11) is 0. The van der Waals surface area contributed by atoms with Crippen LogP contribution in [0, 0.1) is 0 Å². The Hall–Kier alpha value is -1.26. The van der Waals surface area contributed by atoms with Gasteiger partial charge in [0.25, 0.3) is 0 Å². The molecule has 1 aromatic rings. The van der Waals surface area contributed by atoms with Crippen LogP contribution in [0.2, 0.25) is 5.02 Å². The molecule has 0 radical (unpaired) electrons. The molecule has 0 aliphatic carbocycles. The van der Waals surface area contributed by atoms with Gasteiger partial charge in [-0.15, -0.1) is 0 Å². The predicted octanol–water partition coefficient (Wildman–Crippen LogP) is 2.21. The van der Waals surface area contributed by atoms with Crippen LogP contribution in [0.15, 0.2) is 12.1 Å². The summed E-state index contributed by atoms with van der Waals surface area (Å²) in [5.74, 6) is -1.07. The molecule has 0 aliphatic heterocycles. The number of rotatable bonds is 5. The minimum absolute atomic E-state index is 0.0553. The summed E-state index contributed by atoms with van der Waals surface area (Å²) in [5, 5.41) is 18.8. The van der Waals surface area contributed by atoms with E-state index in [0.29, 0.717) is 22.8 Å². The number of carboxylic acid groups (broad SMARTS) is 1. The van der Waals surface area contributed by atoms with Gasteiger partial charge < -0.3 is 14.9 Å². The molecule has 0 saturated carbocycles. The van der Waals surface area contributed by atoms with Gasteiger partial charge in [-0.3, -0.25) is 4.79 Å². The smallest absolute Gasteiger partial charge is 0.307 e. The second-order valence-electron chi connectivity index (χ2n) is 3.28. The average molecular weight is 245 g/mol. The Kier molecular flexibility index (Phi) is 4.58. The molecule has 1 rings (SSSR count). The molecular weight excluding hydrogens is 232 g/mol. The maximum atomic E-state index is 10.6. The lowest BCUT2D eigenvalue weighted by Gasteiger charge is -2.09. The number of benzene rings is 1. The fraction of sp³-hybridized carbons (Fsp3) is 0.364. The second-order valence-corrected chi connectivity index (χ2v) is 3.72. The number of hydrogen-bond donors (Lipinski definition) is 2. The quantitative estimate of drug-likeness (QED) is 0.833. The Balaban J connectivity index is 3.00. The van der Waals surface area contributed by atoms with Crippen molar-refractivity contribution in [3.05, 3.63) is 28.3 Å². The fourth-order valence-corrected chi connectivity index (χ4v) is 1.60. The molecule has 0 spiro atoms. The Morgan fingerprint density at radius 2 is 2.06 bits per heavy atom. The van der Waals surface area contributed by atoms with Gasteiger partial charge in [-0.2, -0.15) is 0 Å². The van der Waals surface area contributed by atoms with Crippen LogP contribution < -0.4 is 0 Å². The number of aliphatic carboxylic acids is 1. The molecule has 88 valence electrons. The first-order valence-electron chi connectivity index (χ1n) is 4.84. The van der Waals surface area contributed by atoms with E-state index in [0.717, 1.165) is 0 Å². The molecule has 0 heterocycles. The normalized spacial score (nSPS) is 10.4. The van der Waals surface area contributed by atoms with Gasteiger partial charge in [0.15, 0.2) is 0 Å². The molecule has 0 fully saturated rings. The van der Waals surface area contributed by atoms with Gasteiger partial charge in [0.1, 0.15) is 5.75 Å². The summed E-state index contributed by atoms with van der Waals surface area (Å²) in [6.07, 6.45) is -0.258. The van der Waals surface area contributed by atoms with Crippen molar-refractivity contribution in [2.24, 2.45) is 0 Å². The van der Waals surface area contributed by atoms with Gasteiger partial charge in [-0.1, -0.05) is 11.6 Å². The van der Waals surface area contributed by atoms with Crippen molar-refractivity contribution >= 4 is 17.6 Å². The zero-order valence-electron chi connectivity index (χ0n) is 8.86. The molecule has 5 heteroatoms. The second kappa shape index (κ2) is 5.72. The van der Waals surface area contributed by atoms with Crippen molar-refractivity contribution in [2.75, 3.05) is 6.61 Å². The van der Waals surface area contributed by atoms with Gasteiger partial charge in [-0.05, 0) is 19.1 Å². The molecule has 0 amide bonds. The minimum Gasteiger partial charge on any atom is -0.507 e. The van der Waals surface area contributed by atoms with Crippen LogP contribution >= 0.6 is 11.6 Å². The molecule has 2 N–H and O–H groups in total.